The molecule has 25 heavy (non-hydrogen) atoms. The summed E-state index contributed by atoms with van der Waals surface area (Å²) in [5.74, 6) is 2.81. The Hall–Kier alpha value is -1.66. The molecule has 0 aromatic carbocycles. The van der Waals surface area contributed by atoms with Gasteiger partial charge in [0.1, 0.15) is 18.4 Å². The smallest absolute Gasteiger partial charge is 0.137 e. The van der Waals surface area contributed by atoms with Crippen LogP contribution >= 0.6 is 0 Å². The molecule has 3 aliphatic rings. The molecule has 0 N–H and O–H groups in total. The summed E-state index contributed by atoms with van der Waals surface area (Å²) in [4.78, 5) is 9.53. The minimum Gasteiger partial charge on any atom is -0.468 e. The van der Waals surface area contributed by atoms with Crippen LogP contribution < -0.4 is 0 Å². The zero-order valence-corrected chi connectivity index (χ0v) is 14.7. The van der Waals surface area contributed by atoms with Crippen molar-refractivity contribution in [1.29, 1.82) is 0 Å². The van der Waals surface area contributed by atoms with Crippen LogP contribution in [0.1, 0.15) is 31.4 Å². The van der Waals surface area contributed by atoms with Crippen LogP contribution in [0.2, 0.25) is 0 Å². The molecule has 4 heterocycles. The first kappa shape index (κ1) is 15.6. The van der Waals surface area contributed by atoms with Crippen molar-refractivity contribution in [1.82, 2.24) is 24.6 Å². The summed E-state index contributed by atoms with van der Waals surface area (Å²) in [5, 5.41) is 4.35. The van der Waals surface area contributed by atoms with Crippen LogP contribution in [0.5, 0.6) is 0 Å². The third-order valence-electron chi connectivity index (χ3n) is 6.24. The van der Waals surface area contributed by atoms with Crippen LogP contribution in [-0.4, -0.2) is 56.3 Å². The molecular formula is C19H27N5O. The molecule has 3 atom stereocenters. The van der Waals surface area contributed by atoms with Crippen molar-refractivity contribution < 1.29 is 4.42 Å². The first-order valence-electron chi connectivity index (χ1n) is 9.68. The molecule has 1 saturated carbocycles. The molecule has 0 bridgehead atoms. The van der Waals surface area contributed by atoms with Gasteiger partial charge < -0.3 is 4.42 Å². The predicted molar refractivity (Wildman–Crippen MR) is 93.7 cm³/mol. The Morgan fingerprint density at radius 2 is 2.16 bits per heavy atom. The number of likely N-dealkylation sites (tertiary alicyclic amines) is 2. The second kappa shape index (κ2) is 6.57. The second-order valence-electron chi connectivity index (χ2n) is 8.08. The molecule has 2 saturated heterocycles. The lowest BCUT2D eigenvalue weighted by Crippen LogP contribution is -2.47. The molecule has 2 aromatic rings. The van der Waals surface area contributed by atoms with E-state index >= 15 is 0 Å². The maximum Gasteiger partial charge on any atom is 0.137 e. The van der Waals surface area contributed by atoms with Crippen LogP contribution in [0.15, 0.2) is 35.5 Å². The molecule has 0 unspecified atom stereocenters. The quantitative estimate of drug-likeness (QED) is 0.806. The standard InChI is InChI=1S/C19H27N5O/c1-2-18(25-7-1)12-22-6-5-19-16(10-22)8-17(11-23-14-20-13-21-23)24(19)9-15-3-4-15/h1-2,7,13-17,19H,3-6,8-12H2/t16-,17+,19+/m1/s1. The third-order valence-corrected chi connectivity index (χ3v) is 6.24. The summed E-state index contributed by atoms with van der Waals surface area (Å²) >= 11 is 0. The van der Waals surface area contributed by atoms with Crippen LogP contribution in [0.3, 0.4) is 0 Å². The fraction of sp³-hybridized carbons (Fsp3) is 0.684. The topological polar surface area (TPSA) is 50.3 Å². The number of aromatic nitrogens is 3. The summed E-state index contributed by atoms with van der Waals surface area (Å²) in [7, 11) is 0. The minimum atomic E-state index is 0.612. The third kappa shape index (κ3) is 3.37. The summed E-state index contributed by atoms with van der Waals surface area (Å²) in [6.45, 7) is 5.60. The minimum absolute atomic E-state index is 0.612. The SMILES string of the molecule is c1coc(CN2CC[C@H]3[C@H](C[C@@H](Cn4cncn4)N3CC3CC3)C2)c1. The summed E-state index contributed by atoms with van der Waals surface area (Å²) < 4.78 is 7.57. The Labute approximate surface area is 148 Å². The lowest BCUT2D eigenvalue weighted by molar-refractivity contribution is 0.0859. The average Bonchev–Trinajstić information content (AvgIpc) is 3.01. The Kier molecular flexibility index (Phi) is 4.10. The summed E-state index contributed by atoms with van der Waals surface area (Å²) in [6.07, 6.45) is 10.7. The Bertz CT molecular complexity index is 666. The highest BCUT2D eigenvalue weighted by Crippen LogP contribution is 2.40. The largest absolute Gasteiger partial charge is 0.468 e. The Morgan fingerprint density at radius 3 is 2.92 bits per heavy atom. The highest BCUT2D eigenvalue weighted by atomic mass is 16.3. The predicted octanol–water partition coefficient (Wildman–Crippen LogP) is 2.25. The van der Waals surface area contributed by atoms with E-state index in [2.05, 4.69) is 25.9 Å². The maximum absolute atomic E-state index is 5.55. The summed E-state index contributed by atoms with van der Waals surface area (Å²) in [6, 6.07) is 5.44. The maximum atomic E-state index is 5.55. The first-order valence-corrected chi connectivity index (χ1v) is 9.68. The van der Waals surface area contributed by atoms with E-state index in [1.165, 1.54) is 45.3 Å². The van der Waals surface area contributed by atoms with Gasteiger partial charge in [-0.15, -0.1) is 0 Å². The molecule has 2 aromatic heterocycles. The van der Waals surface area contributed by atoms with Crippen molar-refractivity contribution >= 4 is 0 Å². The number of piperidine rings is 1. The van der Waals surface area contributed by atoms with E-state index in [0.717, 1.165) is 36.7 Å². The number of furan rings is 1. The molecule has 0 radical (unpaired) electrons. The monoisotopic (exact) mass is 341 g/mol. The van der Waals surface area contributed by atoms with Gasteiger partial charge in [0.05, 0.1) is 19.4 Å². The second-order valence-corrected chi connectivity index (χ2v) is 8.08. The fourth-order valence-electron chi connectivity index (χ4n) is 4.89. The van der Waals surface area contributed by atoms with Crippen molar-refractivity contribution in [3.05, 3.63) is 36.8 Å². The Morgan fingerprint density at radius 1 is 1.20 bits per heavy atom. The zero-order chi connectivity index (χ0) is 16.6. The first-order chi connectivity index (χ1) is 12.3. The highest BCUT2D eigenvalue weighted by molar-refractivity contribution is 5.02. The van der Waals surface area contributed by atoms with E-state index in [1.807, 2.05) is 17.1 Å². The van der Waals surface area contributed by atoms with Crippen molar-refractivity contribution in [3.8, 4) is 0 Å². The van der Waals surface area contributed by atoms with E-state index < -0.39 is 0 Å². The number of nitrogens with zero attached hydrogens (tertiary/aromatic N) is 5. The number of rotatable bonds is 6. The van der Waals surface area contributed by atoms with Gasteiger partial charge in [0.15, 0.2) is 0 Å². The van der Waals surface area contributed by atoms with Gasteiger partial charge >= 0.3 is 0 Å². The number of hydrogen-bond donors (Lipinski definition) is 0. The van der Waals surface area contributed by atoms with Gasteiger partial charge in [-0.2, -0.15) is 5.10 Å². The van der Waals surface area contributed by atoms with Crippen LogP contribution in [0.25, 0.3) is 0 Å². The fourth-order valence-corrected chi connectivity index (χ4v) is 4.89. The van der Waals surface area contributed by atoms with Gasteiger partial charge in [-0.1, -0.05) is 0 Å². The molecule has 0 spiro atoms. The molecule has 134 valence electrons. The highest BCUT2D eigenvalue weighted by Gasteiger charge is 2.45. The zero-order valence-electron chi connectivity index (χ0n) is 14.7. The molecule has 2 aliphatic heterocycles. The summed E-state index contributed by atoms with van der Waals surface area (Å²) in [5.41, 5.74) is 0. The van der Waals surface area contributed by atoms with Gasteiger partial charge in [-0.3, -0.25) is 14.5 Å². The molecule has 1 aliphatic carbocycles. The van der Waals surface area contributed by atoms with Crippen LogP contribution in [0, 0.1) is 11.8 Å². The van der Waals surface area contributed by atoms with Gasteiger partial charge in [0.25, 0.3) is 0 Å². The van der Waals surface area contributed by atoms with E-state index in [-0.39, 0.29) is 0 Å². The normalized spacial score (nSPS) is 30.6. The van der Waals surface area contributed by atoms with Crippen molar-refractivity contribution in [2.24, 2.45) is 11.8 Å². The van der Waals surface area contributed by atoms with Gasteiger partial charge in [-0.25, -0.2) is 4.98 Å². The van der Waals surface area contributed by atoms with E-state index in [4.69, 9.17) is 4.42 Å². The van der Waals surface area contributed by atoms with Crippen molar-refractivity contribution in [2.45, 2.75) is 50.9 Å². The van der Waals surface area contributed by atoms with E-state index in [0.29, 0.717) is 6.04 Å². The lowest BCUT2D eigenvalue weighted by atomic mass is 9.92. The molecule has 0 amide bonds. The van der Waals surface area contributed by atoms with E-state index in [1.54, 1.807) is 12.6 Å². The molecule has 3 fully saturated rings. The number of fused-ring (bicyclic) bond motifs is 1. The van der Waals surface area contributed by atoms with Gasteiger partial charge in [0, 0.05) is 31.7 Å². The van der Waals surface area contributed by atoms with Gasteiger partial charge in [-0.05, 0) is 49.7 Å². The Balaban J connectivity index is 1.27. The van der Waals surface area contributed by atoms with Crippen LogP contribution in [0.4, 0.5) is 0 Å². The van der Waals surface area contributed by atoms with Crippen LogP contribution in [-0.2, 0) is 13.1 Å². The van der Waals surface area contributed by atoms with Crippen molar-refractivity contribution in [2.75, 3.05) is 19.6 Å². The number of hydrogen-bond acceptors (Lipinski definition) is 5. The molecular weight excluding hydrogens is 314 g/mol. The molecule has 6 nitrogen and oxygen atoms in total. The van der Waals surface area contributed by atoms with E-state index in [9.17, 15) is 0 Å². The van der Waals surface area contributed by atoms with Gasteiger partial charge in [0.2, 0.25) is 0 Å². The van der Waals surface area contributed by atoms with Crippen molar-refractivity contribution in [3.63, 3.8) is 0 Å². The lowest BCUT2D eigenvalue weighted by Gasteiger charge is -2.38. The molecule has 6 heteroatoms. The molecule has 5 rings (SSSR count). The average molecular weight is 341 g/mol.